The van der Waals surface area contributed by atoms with E-state index in [1.165, 1.54) is 83.8 Å². The molecule has 13 aromatic rings. The summed E-state index contributed by atoms with van der Waals surface area (Å²) in [6.07, 6.45) is -12.4. The first-order chi connectivity index (χ1) is 62.8. The van der Waals surface area contributed by atoms with Gasteiger partial charge in [0.25, 0.3) is 35.4 Å². The van der Waals surface area contributed by atoms with E-state index in [1.54, 1.807) is 121 Å². The molecule has 9 heterocycles. The Morgan fingerprint density at radius 2 is 0.773 bits per heavy atom. The Morgan fingerprint density at radius 3 is 1.11 bits per heavy atom. The van der Waals surface area contributed by atoms with Gasteiger partial charge in [0.05, 0.1) is 142 Å². The molecule has 1 saturated heterocycles. The SMILES string of the molecule is COc1ccc(-n2ncc(C(=O)N3CCN(C)CC3)c2C)cc1.CSCCNC(=O)c1cnn(-c2ccccc2)c1C(F)(F)F.NC(=O)c1cnn(-c2ccccc2)c1C(F)(F)F.O=C(NCCO)c1cnn(-c2ccccc2)c1C(F)(F)F.O=C(NCCSCc1ccco1)c1cn[nH]c1C(F)(F)F.O=C(NCCSCc1ccco1)c1cnn(-c2ccccc2)c1C(F)(F)F. The molecule has 0 aliphatic carbocycles. The van der Waals surface area contributed by atoms with E-state index in [0.717, 1.165) is 95.2 Å². The summed E-state index contributed by atoms with van der Waals surface area (Å²) in [7, 11) is 3.72. The third-order valence-electron chi connectivity index (χ3n) is 18.4. The smallest absolute Gasteiger partial charge is 0.434 e. The largest absolute Gasteiger partial charge is 0.497 e. The predicted octanol–water partition coefficient (Wildman–Crippen LogP) is 15.0. The van der Waals surface area contributed by atoms with Crippen molar-refractivity contribution in [3.63, 3.8) is 0 Å². The fourth-order valence-electron chi connectivity index (χ4n) is 12.1. The number of thioether (sulfide) groups is 3. The summed E-state index contributed by atoms with van der Waals surface area (Å²) in [5, 5.41) is 42.4. The van der Waals surface area contributed by atoms with E-state index in [2.05, 4.69) is 63.8 Å². The van der Waals surface area contributed by atoms with Crippen molar-refractivity contribution >= 4 is 70.7 Å². The van der Waals surface area contributed by atoms with Gasteiger partial charge in [-0.05, 0) is 117 Å². The van der Waals surface area contributed by atoms with Gasteiger partial charge in [-0.15, -0.1) is 0 Å². The van der Waals surface area contributed by atoms with E-state index in [0.29, 0.717) is 50.2 Å². The van der Waals surface area contributed by atoms with Gasteiger partial charge in [-0.1, -0.05) is 72.8 Å². The van der Waals surface area contributed by atoms with Crippen LogP contribution in [-0.2, 0) is 42.4 Å². The van der Waals surface area contributed by atoms with E-state index in [-0.39, 0.29) is 54.9 Å². The van der Waals surface area contributed by atoms with Crippen molar-refractivity contribution in [1.29, 1.82) is 0 Å². The number of aromatic amines is 1. The highest BCUT2D eigenvalue weighted by atomic mass is 32.2. The maximum Gasteiger partial charge on any atom is 0.434 e. The number of furan rings is 2. The van der Waals surface area contributed by atoms with E-state index in [9.17, 15) is 94.6 Å². The molecule has 1 aliphatic rings. The maximum atomic E-state index is 13.5. The monoisotopic (exact) mass is 1910 g/mol. The number of nitrogens with zero attached hydrogens (tertiary/aromatic N) is 13. The number of aliphatic hydroxyl groups excluding tert-OH is 1. The first-order valence-corrected chi connectivity index (χ1v) is 42.9. The van der Waals surface area contributed by atoms with Crippen molar-refractivity contribution in [2.45, 2.75) is 49.3 Å². The van der Waals surface area contributed by atoms with Gasteiger partial charge in [0.15, 0.2) is 28.5 Å². The third kappa shape index (κ3) is 28.7. The highest BCUT2D eigenvalue weighted by Gasteiger charge is 2.45. The van der Waals surface area contributed by atoms with Gasteiger partial charge in [-0.2, -0.15) is 132 Å². The van der Waals surface area contributed by atoms with Crippen LogP contribution in [0, 0.1) is 6.92 Å². The Kier molecular flexibility index (Phi) is 37.0. The Labute approximate surface area is 755 Å². The van der Waals surface area contributed by atoms with Crippen molar-refractivity contribution in [3.8, 4) is 34.2 Å². The van der Waals surface area contributed by atoms with Crippen molar-refractivity contribution in [2.24, 2.45) is 5.73 Å². The van der Waals surface area contributed by atoms with Crippen molar-refractivity contribution < 1.29 is 113 Å². The Balaban J connectivity index is 0.000000179. The molecule has 5 aromatic carbocycles. The third-order valence-corrected chi connectivity index (χ3v) is 20.9. The highest BCUT2D eigenvalue weighted by Crippen LogP contribution is 2.39. The number of aliphatic hydroxyl groups is 1. The van der Waals surface area contributed by atoms with Crippen LogP contribution in [0.4, 0.5) is 65.9 Å². The fourth-order valence-corrected chi connectivity index (χ4v) is 13.9. The summed E-state index contributed by atoms with van der Waals surface area (Å²) in [5.41, 5.74) is -0.0643. The van der Waals surface area contributed by atoms with Crippen LogP contribution < -0.4 is 31.7 Å². The van der Waals surface area contributed by atoms with Crippen LogP contribution in [-0.4, -0.2) is 206 Å². The number of piperazine rings is 1. The number of nitrogens with two attached hydrogens (primary N) is 1. The van der Waals surface area contributed by atoms with Gasteiger partial charge in [-0.25, -0.2) is 23.4 Å². The number of methoxy groups -OCH3 is 1. The molecule has 0 radical (unpaired) electrons. The van der Waals surface area contributed by atoms with Crippen molar-refractivity contribution in [2.75, 3.05) is 96.6 Å². The molecule has 702 valence electrons. The van der Waals surface area contributed by atoms with Crippen LogP contribution in [0.25, 0.3) is 28.4 Å². The fraction of sp³-hybridized carbons (Fsp3) is 0.271. The summed E-state index contributed by atoms with van der Waals surface area (Å²) in [5.74, 6) is 0.999. The minimum atomic E-state index is -4.74. The van der Waals surface area contributed by atoms with Gasteiger partial charge in [0, 0.05) is 69.6 Å². The van der Waals surface area contributed by atoms with Crippen LogP contribution in [0.2, 0.25) is 0 Å². The molecule has 0 atom stereocenters. The van der Waals surface area contributed by atoms with Crippen LogP contribution in [0.5, 0.6) is 5.75 Å². The minimum absolute atomic E-state index is 0.0651. The summed E-state index contributed by atoms with van der Waals surface area (Å²) < 4.78 is 217. The van der Waals surface area contributed by atoms with Crippen LogP contribution >= 0.6 is 35.3 Å². The van der Waals surface area contributed by atoms with E-state index >= 15 is 0 Å². The number of primary amides is 1. The Morgan fingerprint density at radius 1 is 0.432 bits per heavy atom. The molecule has 8 N–H and O–H groups in total. The molecule has 6 amide bonds. The molecule has 0 unspecified atom stereocenters. The lowest BCUT2D eigenvalue weighted by molar-refractivity contribution is -0.143. The van der Waals surface area contributed by atoms with E-state index < -0.39 is 117 Å². The standard InChI is InChI=1S/C18H16F3N3O2S.C17H22N4O2.C14H14F3N3OS.C13H12F3N3O2.C12H12F3N3O2S.C11H8F3N3O/c19-18(20,21)16-15(11-23-24(16)13-5-2-1-3-6-13)17(25)22-8-10-27-12-14-7-4-9-26-14;1-13-16(17(22)20-10-8-19(2)9-11-20)12-18-21(13)14-4-6-15(23-3)7-5-14;1-22-8-7-18-13(21)11-9-19-20(12(11)14(15,16)17)10-5-3-2-4-6-10;14-13(15,16)11-10(12(21)17-6-7-20)8-18-19(11)9-4-2-1-3-5-9;13-12(14,15)10-9(6-17-18-10)11(19)16-3-5-21-7-8-2-1-4-20-8;12-11(13,14)9-8(10(15)18)6-16-17(9)7-4-2-1-3-5-7/h1-7,9,11H,8,10,12H2,(H,22,25);4-7,12H,8-11H2,1-3H3;2-6,9H,7-8H2,1H3,(H,18,21);1-5,8,20H,6-7H2,(H,17,21);1-2,4,6H,3,5,7H2,(H,16,19)(H,17,18);1-6H,(H2,15,18). The second kappa shape index (κ2) is 47.9. The maximum absolute atomic E-state index is 13.5. The van der Waals surface area contributed by atoms with Crippen LogP contribution in [0.3, 0.4) is 0 Å². The van der Waals surface area contributed by atoms with E-state index in [1.807, 2.05) is 54.5 Å². The summed E-state index contributed by atoms with van der Waals surface area (Å²) in [6, 6.07) is 46.1. The van der Waals surface area contributed by atoms with E-state index in [4.69, 9.17) is 24.4 Å². The molecular weight excluding hydrogens is 1830 g/mol. The molecular formula is C85H84F15N19O10S3. The number of amides is 6. The number of para-hydroxylation sites is 4. The number of hydrogen-bond donors (Lipinski definition) is 7. The molecule has 1 aliphatic heterocycles. The molecule has 1 fully saturated rings. The number of H-pyrrole nitrogens is 1. The van der Waals surface area contributed by atoms with Crippen LogP contribution in [0.1, 0.15) is 108 Å². The molecule has 0 bridgehead atoms. The number of aromatic nitrogens is 12. The predicted molar refractivity (Wildman–Crippen MR) is 459 cm³/mol. The number of carbonyl (C=O) groups is 6. The summed E-state index contributed by atoms with van der Waals surface area (Å²) >= 11 is 4.51. The molecule has 0 saturated carbocycles. The lowest BCUT2D eigenvalue weighted by Gasteiger charge is -2.32. The zero-order valence-corrected chi connectivity index (χ0v) is 72.5. The van der Waals surface area contributed by atoms with Gasteiger partial charge < -0.3 is 55.5 Å². The molecule has 14 rings (SSSR count). The number of likely N-dealkylation sites (N-methyl/N-ethyl adjacent to an activating group) is 1. The number of nitrogens with one attached hydrogen (secondary N) is 5. The molecule has 29 nitrogen and oxygen atoms in total. The molecule has 0 spiro atoms. The second-order valence-electron chi connectivity index (χ2n) is 27.5. The zero-order chi connectivity index (χ0) is 95.9. The number of ether oxygens (including phenoxy) is 1. The Hall–Kier alpha value is -13.5. The average molecular weight is 1910 g/mol. The zero-order valence-electron chi connectivity index (χ0n) is 70.1. The topological polar surface area (TPSA) is 357 Å². The first-order valence-electron chi connectivity index (χ1n) is 39.2. The van der Waals surface area contributed by atoms with Gasteiger partial charge >= 0.3 is 30.9 Å². The number of halogens is 15. The van der Waals surface area contributed by atoms with Crippen LogP contribution in [0.15, 0.2) is 228 Å². The number of benzene rings is 5. The summed E-state index contributed by atoms with van der Waals surface area (Å²) in [4.78, 5) is 75.4. The number of rotatable bonds is 27. The quantitative estimate of drug-likeness (QED) is 0.0186. The highest BCUT2D eigenvalue weighted by molar-refractivity contribution is 7.99. The lowest BCUT2D eigenvalue weighted by Crippen LogP contribution is -2.47. The normalized spacial score (nSPS) is 12.2. The Bertz CT molecular complexity index is 5810. The average Bonchev–Trinajstić information content (AvgIpc) is 1.63. The summed E-state index contributed by atoms with van der Waals surface area (Å²) in [6.45, 7) is 5.59. The first kappa shape index (κ1) is 102. The van der Waals surface area contributed by atoms with Gasteiger partial charge in [0.1, 0.15) is 17.3 Å². The second-order valence-corrected chi connectivity index (χ2v) is 30.7. The molecule has 8 aromatic heterocycles. The van der Waals surface area contributed by atoms with Gasteiger partial charge in [-0.3, -0.25) is 33.9 Å². The van der Waals surface area contributed by atoms with Gasteiger partial charge in [0.2, 0.25) is 0 Å². The number of carbonyl (C=O) groups excluding carboxylic acids is 6. The number of hydrogen-bond acceptors (Lipinski definition) is 20. The molecule has 132 heavy (non-hydrogen) atoms. The lowest BCUT2D eigenvalue weighted by atomic mass is 10.2. The minimum Gasteiger partial charge on any atom is -0.497 e. The van der Waals surface area contributed by atoms with Crippen molar-refractivity contribution in [3.05, 3.63) is 299 Å². The number of alkyl halides is 15. The molecule has 47 heteroatoms. The van der Waals surface area contributed by atoms with Crippen molar-refractivity contribution in [1.82, 2.24) is 90.2 Å².